The van der Waals surface area contributed by atoms with Crippen molar-refractivity contribution < 1.29 is 14.3 Å². The van der Waals surface area contributed by atoms with Crippen LogP contribution in [0.25, 0.3) is 16.9 Å². The maximum absolute atomic E-state index is 13.5. The number of fused-ring (bicyclic) bond motifs is 1. The fraction of sp³-hybridized carbons (Fsp3) is 0.320. The molecule has 1 aliphatic heterocycles. The number of thiazole rings is 1. The number of benzene rings is 1. The van der Waals surface area contributed by atoms with Gasteiger partial charge in [0.2, 0.25) is 0 Å². The Bertz CT molecular complexity index is 1490. The first-order valence-electron chi connectivity index (χ1n) is 12.0. The minimum atomic E-state index is -0.910. The molecule has 12 heteroatoms. The van der Waals surface area contributed by atoms with E-state index in [1.165, 1.54) is 28.4 Å². The van der Waals surface area contributed by atoms with Crippen molar-refractivity contribution >= 4 is 39.7 Å². The minimum absolute atomic E-state index is 0.349. The highest BCUT2D eigenvalue weighted by molar-refractivity contribution is 7.16. The van der Waals surface area contributed by atoms with E-state index in [0.717, 1.165) is 17.2 Å². The first-order chi connectivity index (χ1) is 17.9. The van der Waals surface area contributed by atoms with Crippen LogP contribution in [0.15, 0.2) is 36.5 Å². The second-order valence-corrected chi connectivity index (χ2v) is 9.47. The third-order valence-electron chi connectivity index (χ3n) is 6.38. The number of aryl methyl sites for hydroxylation is 1. The summed E-state index contributed by atoms with van der Waals surface area (Å²) in [6.45, 7) is 6.53. The molecule has 3 aromatic heterocycles. The molecule has 0 saturated carbocycles. The largest absolute Gasteiger partial charge is 0.465 e. The molecule has 1 aromatic carbocycles. The van der Waals surface area contributed by atoms with Gasteiger partial charge in [0, 0.05) is 44.5 Å². The summed E-state index contributed by atoms with van der Waals surface area (Å²) < 4.78 is 15.2. The predicted molar refractivity (Wildman–Crippen MR) is 139 cm³/mol. The standard InChI is InChI=1S/C25H25FN8O2S/c1-3-18-22(23-28-20(9-10-34(23)30-18)31-11-13-32(14-12-31)25(35)36)33(4-2)24-29-21(19(15-27)37-24)16-5-7-17(26)8-6-16/h5-10H,3-4,11-14H2,1-2H3,(H,35,36). The number of hydrogen-bond donors (Lipinski definition) is 1. The van der Waals surface area contributed by atoms with Gasteiger partial charge in [0.15, 0.2) is 10.8 Å². The van der Waals surface area contributed by atoms with Crippen LogP contribution in [-0.4, -0.2) is 68.4 Å². The summed E-state index contributed by atoms with van der Waals surface area (Å²) in [5.74, 6) is 0.402. The highest BCUT2D eigenvalue weighted by Crippen LogP contribution is 2.39. The fourth-order valence-corrected chi connectivity index (χ4v) is 5.42. The predicted octanol–water partition coefficient (Wildman–Crippen LogP) is 4.38. The molecule has 10 nitrogen and oxygen atoms in total. The number of rotatable bonds is 6. The highest BCUT2D eigenvalue weighted by atomic mass is 32.1. The van der Waals surface area contributed by atoms with Crippen molar-refractivity contribution in [1.29, 1.82) is 5.26 Å². The van der Waals surface area contributed by atoms with Crippen LogP contribution in [0, 0.1) is 17.1 Å². The lowest BCUT2D eigenvalue weighted by molar-refractivity contribution is 0.142. The van der Waals surface area contributed by atoms with Crippen LogP contribution in [0.4, 0.5) is 25.8 Å². The molecular weight excluding hydrogens is 495 g/mol. The number of aromatic nitrogens is 4. The molecule has 1 N–H and O–H groups in total. The first-order valence-corrected chi connectivity index (χ1v) is 12.8. The molecule has 1 saturated heterocycles. The number of carbonyl (C=O) groups is 1. The maximum Gasteiger partial charge on any atom is 0.407 e. The van der Waals surface area contributed by atoms with Crippen LogP contribution in [0.5, 0.6) is 0 Å². The molecule has 0 spiro atoms. The van der Waals surface area contributed by atoms with Crippen LogP contribution < -0.4 is 9.80 Å². The summed E-state index contributed by atoms with van der Waals surface area (Å²) >= 11 is 1.28. The number of anilines is 3. The smallest absolute Gasteiger partial charge is 0.407 e. The molecule has 1 amide bonds. The first kappa shape index (κ1) is 24.5. The minimum Gasteiger partial charge on any atom is -0.465 e. The zero-order valence-electron chi connectivity index (χ0n) is 20.4. The van der Waals surface area contributed by atoms with Gasteiger partial charge in [-0.1, -0.05) is 18.3 Å². The third-order valence-corrected chi connectivity index (χ3v) is 7.36. The molecule has 5 rings (SSSR count). The molecule has 4 heterocycles. The van der Waals surface area contributed by atoms with Crippen LogP contribution >= 0.6 is 11.3 Å². The summed E-state index contributed by atoms with van der Waals surface area (Å²) in [6.07, 6.45) is 1.63. The van der Waals surface area contributed by atoms with Crippen molar-refractivity contribution in [3.8, 4) is 17.3 Å². The van der Waals surface area contributed by atoms with Gasteiger partial charge in [0.1, 0.15) is 34.0 Å². The van der Waals surface area contributed by atoms with E-state index in [1.54, 1.807) is 16.6 Å². The molecule has 4 aromatic rings. The van der Waals surface area contributed by atoms with Gasteiger partial charge in [-0.25, -0.2) is 23.7 Å². The van der Waals surface area contributed by atoms with Crippen molar-refractivity contribution in [2.45, 2.75) is 20.3 Å². The summed E-state index contributed by atoms with van der Waals surface area (Å²) in [7, 11) is 0. The molecule has 0 radical (unpaired) electrons. The molecule has 0 unspecified atom stereocenters. The van der Waals surface area contributed by atoms with Gasteiger partial charge in [-0.05, 0) is 43.7 Å². The second-order valence-electron chi connectivity index (χ2n) is 8.50. The quantitative estimate of drug-likeness (QED) is 0.398. The van der Waals surface area contributed by atoms with Gasteiger partial charge in [-0.2, -0.15) is 10.4 Å². The van der Waals surface area contributed by atoms with Crippen molar-refractivity contribution in [2.75, 3.05) is 42.5 Å². The Morgan fingerprint density at radius 1 is 1.16 bits per heavy atom. The van der Waals surface area contributed by atoms with Gasteiger partial charge in [0.25, 0.3) is 0 Å². The molecular formula is C25H25FN8O2S. The number of carboxylic acid groups (broad SMARTS) is 1. The van der Waals surface area contributed by atoms with E-state index < -0.39 is 6.09 Å². The molecule has 1 fully saturated rings. The topological polar surface area (TPSA) is 114 Å². The zero-order chi connectivity index (χ0) is 26.1. The average molecular weight is 521 g/mol. The normalized spacial score (nSPS) is 13.7. The lowest BCUT2D eigenvalue weighted by atomic mass is 10.1. The Hall–Kier alpha value is -4.24. The number of halogens is 1. The van der Waals surface area contributed by atoms with E-state index in [-0.39, 0.29) is 5.82 Å². The lowest BCUT2D eigenvalue weighted by Crippen LogP contribution is -2.48. The fourth-order valence-electron chi connectivity index (χ4n) is 4.46. The summed E-state index contributed by atoms with van der Waals surface area (Å²) in [4.78, 5) is 26.9. The number of piperazine rings is 1. The van der Waals surface area contributed by atoms with Crippen LogP contribution in [-0.2, 0) is 6.42 Å². The van der Waals surface area contributed by atoms with Gasteiger partial charge >= 0.3 is 6.09 Å². The molecule has 0 bridgehead atoms. The lowest BCUT2D eigenvalue weighted by Gasteiger charge is -2.33. The van der Waals surface area contributed by atoms with Gasteiger partial charge < -0.3 is 19.8 Å². The Balaban J connectivity index is 1.55. The maximum atomic E-state index is 13.5. The highest BCUT2D eigenvalue weighted by Gasteiger charge is 2.26. The molecule has 37 heavy (non-hydrogen) atoms. The van der Waals surface area contributed by atoms with E-state index in [2.05, 4.69) is 11.0 Å². The van der Waals surface area contributed by atoms with E-state index in [9.17, 15) is 19.6 Å². The van der Waals surface area contributed by atoms with Crippen LogP contribution in [0.1, 0.15) is 24.4 Å². The van der Waals surface area contributed by atoms with Gasteiger partial charge in [-0.3, -0.25) is 0 Å². The molecule has 190 valence electrons. The SMILES string of the molecule is CCc1nn2ccc(N3CCN(C(=O)O)CC3)nc2c1N(CC)c1nc(-c2ccc(F)cc2)c(C#N)s1. The Morgan fingerprint density at radius 3 is 2.51 bits per heavy atom. The summed E-state index contributed by atoms with van der Waals surface area (Å²) in [6, 6.07) is 10.1. The molecule has 0 aliphatic carbocycles. The van der Waals surface area contributed by atoms with E-state index in [4.69, 9.17) is 15.1 Å². The summed E-state index contributed by atoms with van der Waals surface area (Å²) in [5.41, 5.74) is 3.52. The number of hydrogen-bond acceptors (Lipinski definition) is 8. The van der Waals surface area contributed by atoms with E-state index >= 15 is 0 Å². The average Bonchev–Trinajstić information content (AvgIpc) is 3.51. The number of nitriles is 1. The third kappa shape index (κ3) is 4.53. The van der Waals surface area contributed by atoms with Crippen molar-refractivity contribution in [1.82, 2.24) is 24.5 Å². The van der Waals surface area contributed by atoms with Crippen LogP contribution in [0.3, 0.4) is 0 Å². The van der Waals surface area contributed by atoms with Crippen molar-refractivity contribution in [3.05, 3.63) is 52.9 Å². The Labute approximate surface area is 216 Å². The number of nitrogens with zero attached hydrogens (tertiary/aromatic N) is 8. The second kappa shape index (κ2) is 10.0. The monoisotopic (exact) mass is 520 g/mol. The Kier molecular flexibility index (Phi) is 6.62. The van der Waals surface area contributed by atoms with Crippen LogP contribution in [0.2, 0.25) is 0 Å². The summed E-state index contributed by atoms with van der Waals surface area (Å²) in [5, 5.41) is 24.4. The van der Waals surface area contributed by atoms with E-state index in [1.807, 2.05) is 31.0 Å². The molecule has 1 aliphatic rings. The van der Waals surface area contributed by atoms with Gasteiger partial charge in [-0.15, -0.1) is 0 Å². The van der Waals surface area contributed by atoms with Gasteiger partial charge in [0.05, 0.1) is 5.69 Å². The zero-order valence-corrected chi connectivity index (χ0v) is 21.2. The molecule has 0 atom stereocenters. The van der Waals surface area contributed by atoms with Crippen molar-refractivity contribution in [3.63, 3.8) is 0 Å². The van der Waals surface area contributed by atoms with Crippen molar-refractivity contribution in [2.24, 2.45) is 0 Å². The van der Waals surface area contributed by atoms with E-state index in [0.29, 0.717) is 66.1 Å². The number of amides is 1. The Morgan fingerprint density at radius 2 is 1.89 bits per heavy atom.